The number of carbonyl (C=O) groups excluding carboxylic acids is 1. The zero-order valence-corrected chi connectivity index (χ0v) is 11.3. The third-order valence-electron chi connectivity index (χ3n) is 2.65. The molecule has 0 bridgehead atoms. The minimum Gasteiger partial charge on any atom is -0.377 e. The molecule has 1 rings (SSSR count). The molecule has 0 amide bonds. The van der Waals surface area contributed by atoms with Crippen LogP contribution >= 0.6 is 0 Å². The Kier molecular flexibility index (Phi) is 5.44. The Bertz CT molecular complexity index is 460. The average Bonchev–Trinajstić information content (AvgIpc) is 2.37. The van der Waals surface area contributed by atoms with E-state index < -0.39 is 4.92 Å². The van der Waals surface area contributed by atoms with Gasteiger partial charge < -0.3 is 9.64 Å². The lowest BCUT2D eigenvalue weighted by molar-refractivity contribution is -0.385. The Labute approximate surface area is 112 Å². The van der Waals surface area contributed by atoms with E-state index in [1.54, 1.807) is 6.07 Å². The molecule has 0 aliphatic heterocycles. The van der Waals surface area contributed by atoms with Crippen LogP contribution in [0.4, 0.5) is 11.4 Å². The molecule has 104 valence electrons. The van der Waals surface area contributed by atoms with Crippen LogP contribution in [0.15, 0.2) is 18.2 Å². The first-order valence-corrected chi connectivity index (χ1v) is 6.02. The Morgan fingerprint density at radius 1 is 1.47 bits per heavy atom. The highest BCUT2D eigenvalue weighted by molar-refractivity contribution is 5.83. The molecule has 1 aromatic carbocycles. The predicted molar refractivity (Wildman–Crippen MR) is 72.8 cm³/mol. The molecule has 19 heavy (non-hydrogen) atoms. The number of anilines is 1. The number of nitrogens with zero attached hydrogens (tertiary/aromatic N) is 2. The third kappa shape index (κ3) is 4.33. The monoisotopic (exact) mass is 266 g/mol. The van der Waals surface area contributed by atoms with Crippen molar-refractivity contribution in [3.8, 4) is 0 Å². The van der Waals surface area contributed by atoms with E-state index in [1.807, 2.05) is 25.8 Å². The summed E-state index contributed by atoms with van der Waals surface area (Å²) >= 11 is 0. The Morgan fingerprint density at radius 2 is 2.16 bits per heavy atom. The van der Waals surface area contributed by atoms with E-state index in [4.69, 9.17) is 4.74 Å². The summed E-state index contributed by atoms with van der Waals surface area (Å²) in [6, 6.07) is 4.49. The predicted octanol–water partition coefficient (Wildman–Crippen LogP) is 2.27. The Balaban J connectivity index is 2.78. The maximum absolute atomic E-state index is 10.9. The molecule has 0 N–H and O–H groups in total. The number of benzene rings is 1. The smallest absolute Gasteiger partial charge is 0.280 e. The van der Waals surface area contributed by atoms with Crippen molar-refractivity contribution in [2.45, 2.75) is 20.0 Å². The van der Waals surface area contributed by atoms with Gasteiger partial charge in [-0.2, -0.15) is 0 Å². The van der Waals surface area contributed by atoms with Crippen LogP contribution in [0.1, 0.15) is 24.2 Å². The summed E-state index contributed by atoms with van der Waals surface area (Å²) in [7, 11) is 1.85. The average molecular weight is 266 g/mol. The van der Waals surface area contributed by atoms with E-state index in [1.165, 1.54) is 12.1 Å². The van der Waals surface area contributed by atoms with E-state index in [9.17, 15) is 14.9 Å². The number of nitro benzene ring substituents is 1. The molecular weight excluding hydrogens is 248 g/mol. The summed E-state index contributed by atoms with van der Waals surface area (Å²) in [6.45, 7) is 5.11. The van der Waals surface area contributed by atoms with Gasteiger partial charge in [0.15, 0.2) is 6.29 Å². The molecule has 0 fully saturated rings. The molecule has 0 aliphatic rings. The molecule has 0 spiro atoms. The van der Waals surface area contributed by atoms with Crippen LogP contribution in [0.3, 0.4) is 0 Å². The molecule has 6 heteroatoms. The van der Waals surface area contributed by atoms with Crippen LogP contribution in [-0.2, 0) is 4.74 Å². The minimum absolute atomic E-state index is 0.0825. The molecule has 0 saturated heterocycles. The van der Waals surface area contributed by atoms with Gasteiger partial charge in [0.2, 0.25) is 0 Å². The molecular formula is C13H18N2O4. The summed E-state index contributed by atoms with van der Waals surface area (Å²) in [6.07, 6.45) is 0.663. The van der Waals surface area contributed by atoms with Crippen molar-refractivity contribution in [3.63, 3.8) is 0 Å². The molecule has 0 atom stereocenters. The van der Waals surface area contributed by atoms with Crippen LogP contribution in [0.25, 0.3) is 0 Å². The van der Waals surface area contributed by atoms with Gasteiger partial charge in [0.25, 0.3) is 5.69 Å². The van der Waals surface area contributed by atoms with Crippen molar-refractivity contribution in [2.24, 2.45) is 0 Å². The molecule has 1 aromatic rings. The van der Waals surface area contributed by atoms with Crippen molar-refractivity contribution in [1.29, 1.82) is 0 Å². The minimum atomic E-state index is -0.560. The quantitative estimate of drug-likeness (QED) is 0.430. The van der Waals surface area contributed by atoms with Crippen molar-refractivity contribution in [2.75, 3.05) is 25.1 Å². The summed E-state index contributed by atoms with van der Waals surface area (Å²) in [4.78, 5) is 22.9. The van der Waals surface area contributed by atoms with Gasteiger partial charge in [-0.3, -0.25) is 14.9 Å². The van der Waals surface area contributed by atoms with Gasteiger partial charge in [-0.1, -0.05) is 0 Å². The van der Waals surface area contributed by atoms with Crippen LogP contribution in [0.2, 0.25) is 0 Å². The highest BCUT2D eigenvalue weighted by Gasteiger charge is 2.14. The lowest BCUT2D eigenvalue weighted by atomic mass is 10.1. The SMILES string of the molecule is CC(C)OCCN(C)c1ccc([N+](=O)[O-])c(C=O)c1. The highest BCUT2D eigenvalue weighted by atomic mass is 16.6. The van der Waals surface area contributed by atoms with Crippen LogP contribution in [0.5, 0.6) is 0 Å². The highest BCUT2D eigenvalue weighted by Crippen LogP contribution is 2.23. The summed E-state index contributed by atoms with van der Waals surface area (Å²) in [5.41, 5.74) is 0.657. The molecule has 0 aliphatic carbocycles. The van der Waals surface area contributed by atoms with Gasteiger partial charge in [0.1, 0.15) is 0 Å². The fourth-order valence-electron chi connectivity index (χ4n) is 1.59. The van der Waals surface area contributed by atoms with Gasteiger partial charge in [0, 0.05) is 25.3 Å². The number of likely N-dealkylation sites (N-methyl/N-ethyl adjacent to an activating group) is 1. The number of nitro groups is 1. The largest absolute Gasteiger partial charge is 0.377 e. The second kappa shape index (κ2) is 6.84. The molecule has 0 heterocycles. The first-order valence-electron chi connectivity index (χ1n) is 6.02. The topological polar surface area (TPSA) is 72.7 Å². The van der Waals surface area contributed by atoms with Gasteiger partial charge in [-0.25, -0.2) is 0 Å². The first kappa shape index (κ1) is 15.1. The van der Waals surface area contributed by atoms with E-state index >= 15 is 0 Å². The van der Waals surface area contributed by atoms with Crippen LogP contribution < -0.4 is 4.90 Å². The number of rotatable bonds is 7. The number of carbonyl (C=O) groups is 1. The number of aldehydes is 1. The fourth-order valence-corrected chi connectivity index (χ4v) is 1.59. The number of hydrogen-bond acceptors (Lipinski definition) is 5. The molecule has 0 radical (unpaired) electrons. The first-order chi connectivity index (χ1) is 8.95. The molecule has 0 saturated carbocycles. The van der Waals surface area contributed by atoms with Crippen molar-refractivity contribution in [1.82, 2.24) is 0 Å². The lowest BCUT2D eigenvalue weighted by Crippen LogP contribution is -2.24. The maximum atomic E-state index is 10.9. The maximum Gasteiger partial charge on any atom is 0.280 e. The zero-order valence-electron chi connectivity index (χ0n) is 11.3. The van der Waals surface area contributed by atoms with Crippen LogP contribution in [0, 0.1) is 10.1 Å². The summed E-state index contributed by atoms with van der Waals surface area (Å²) < 4.78 is 5.43. The second-order valence-corrected chi connectivity index (χ2v) is 4.46. The molecule has 0 aromatic heterocycles. The van der Waals surface area contributed by atoms with E-state index in [-0.39, 0.29) is 17.4 Å². The van der Waals surface area contributed by atoms with Crippen molar-refractivity contribution in [3.05, 3.63) is 33.9 Å². The van der Waals surface area contributed by atoms with Crippen LogP contribution in [-0.4, -0.2) is 37.5 Å². The van der Waals surface area contributed by atoms with Gasteiger partial charge in [-0.15, -0.1) is 0 Å². The lowest BCUT2D eigenvalue weighted by Gasteiger charge is -2.20. The van der Waals surface area contributed by atoms with Gasteiger partial charge in [0.05, 0.1) is 23.2 Å². The van der Waals surface area contributed by atoms with Gasteiger partial charge in [-0.05, 0) is 26.0 Å². The third-order valence-corrected chi connectivity index (χ3v) is 2.65. The Hall–Kier alpha value is -1.95. The molecule has 0 unspecified atom stereocenters. The van der Waals surface area contributed by atoms with E-state index in [0.717, 1.165) is 5.69 Å². The zero-order chi connectivity index (χ0) is 14.4. The second-order valence-electron chi connectivity index (χ2n) is 4.46. The summed E-state index contributed by atoms with van der Waals surface area (Å²) in [5.74, 6) is 0. The van der Waals surface area contributed by atoms with Gasteiger partial charge >= 0.3 is 0 Å². The van der Waals surface area contributed by atoms with E-state index in [2.05, 4.69) is 0 Å². The van der Waals surface area contributed by atoms with Crippen molar-refractivity contribution >= 4 is 17.7 Å². The molecule has 6 nitrogen and oxygen atoms in total. The van der Waals surface area contributed by atoms with Crippen molar-refractivity contribution < 1.29 is 14.5 Å². The fraction of sp³-hybridized carbons (Fsp3) is 0.462. The normalized spacial score (nSPS) is 10.5. The Morgan fingerprint density at radius 3 is 2.68 bits per heavy atom. The standard InChI is InChI=1S/C13H18N2O4/c1-10(2)19-7-6-14(3)12-4-5-13(15(17)18)11(8-12)9-16/h4-5,8-10H,6-7H2,1-3H3. The van der Waals surface area contributed by atoms with E-state index in [0.29, 0.717) is 19.4 Å². The number of hydrogen-bond donors (Lipinski definition) is 0. The summed E-state index contributed by atoms with van der Waals surface area (Å²) in [5, 5.41) is 10.7. The number of ether oxygens (including phenoxy) is 1.